The molecule has 0 unspecified atom stereocenters. The van der Waals surface area contributed by atoms with Crippen LogP contribution in [0.2, 0.25) is 0 Å². The van der Waals surface area contributed by atoms with Crippen molar-refractivity contribution in [2.24, 2.45) is 12.8 Å². The highest BCUT2D eigenvalue weighted by atomic mass is 16.5. The summed E-state index contributed by atoms with van der Waals surface area (Å²) in [6, 6.07) is 5.98. The van der Waals surface area contributed by atoms with Crippen LogP contribution in [0, 0.1) is 6.92 Å². The first-order valence-corrected chi connectivity index (χ1v) is 5.46. The molecule has 0 radical (unpaired) electrons. The third kappa shape index (κ3) is 2.62. The average molecular weight is 232 g/mol. The molecule has 1 aromatic carbocycles. The van der Waals surface area contributed by atoms with Crippen molar-refractivity contribution in [2.75, 3.05) is 0 Å². The molecular weight excluding hydrogens is 216 g/mol. The summed E-state index contributed by atoms with van der Waals surface area (Å²) in [5.74, 6) is 1.59. The maximum atomic E-state index is 5.70. The third-order valence-electron chi connectivity index (χ3n) is 2.60. The van der Waals surface area contributed by atoms with Gasteiger partial charge in [-0.3, -0.25) is 4.68 Å². The van der Waals surface area contributed by atoms with E-state index in [0.717, 1.165) is 17.1 Å². The summed E-state index contributed by atoms with van der Waals surface area (Å²) in [5, 5.41) is 3.99. The maximum absolute atomic E-state index is 5.70. The van der Waals surface area contributed by atoms with E-state index in [2.05, 4.69) is 10.1 Å². The lowest BCUT2D eigenvalue weighted by Gasteiger charge is -2.10. The highest BCUT2D eigenvalue weighted by Gasteiger charge is 2.05. The van der Waals surface area contributed by atoms with Gasteiger partial charge in [0.25, 0.3) is 0 Å². The van der Waals surface area contributed by atoms with E-state index in [9.17, 15) is 0 Å². The van der Waals surface area contributed by atoms with E-state index in [4.69, 9.17) is 10.5 Å². The van der Waals surface area contributed by atoms with E-state index < -0.39 is 0 Å². The van der Waals surface area contributed by atoms with E-state index in [1.54, 1.807) is 4.68 Å². The van der Waals surface area contributed by atoms with E-state index in [-0.39, 0.29) is 0 Å². The van der Waals surface area contributed by atoms with Crippen molar-refractivity contribution in [1.29, 1.82) is 0 Å². The lowest BCUT2D eigenvalue weighted by Crippen LogP contribution is -2.07. The Morgan fingerprint density at radius 3 is 2.88 bits per heavy atom. The number of hydrogen-bond acceptors (Lipinski definition) is 4. The van der Waals surface area contributed by atoms with Gasteiger partial charge in [0.15, 0.2) is 5.82 Å². The number of nitrogens with two attached hydrogens (primary N) is 1. The van der Waals surface area contributed by atoms with Gasteiger partial charge in [-0.25, -0.2) is 4.98 Å². The van der Waals surface area contributed by atoms with Gasteiger partial charge in [-0.15, -0.1) is 0 Å². The summed E-state index contributed by atoms with van der Waals surface area (Å²) < 4.78 is 7.40. The fourth-order valence-corrected chi connectivity index (χ4v) is 1.60. The summed E-state index contributed by atoms with van der Waals surface area (Å²) >= 11 is 0. The van der Waals surface area contributed by atoms with Gasteiger partial charge in [0, 0.05) is 19.2 Å². The highest BCUT2D eigenvalue weighted by Crippen LogP contribution is 2.20. The lowest BCUT2D eigenvalue weighted by molar-refractivity contribution is 0.287. The molecular formula is C12H16N4O. The molecule has 0 saturated heterocycles. The van der Waals surface area contributed by atoms with Crippen LogP contribution in [0.3, 0.4) is 0 Å². The molecule has 2 N–H and O–H groups in total. The summed E-state index contributed by atoms with van der Waals surface area (Å²) in [6.45, 7) is 2.90. The second-order valence-corrected chi connectivity index (χ2v) is 3.90. The number of nitrogens with zero attached hydrogens (tertiary/aromatic N) is 3. The fourth-order valence-electron chi connectivity index (χ4n) is 1.60. The van der Waals surface area contributed by atoms with E-state index in [1.807, 2.05) is 32.2 Å². The quantitative estimate of drug-likeness (QED) is 0.859. The number of rotatable bonds is 4. The maximum Gasteiger partial charge on any atom is 0.164 e. The van der Waals surface area contributed by atoms with Crippen molar-refractivity contribution in [3.05, 3.63) is 41.5 Å². The first kappa shape index (κ1) is 11.6. The smallest absolute Gasteiger partial charge is 0.164 e. The molecule has 2 aromatic rings. The van der Waals surface area contributed by atoms with Crippen LogP contribution in [0.5, 0.6) is 5.75 Å². The predicted octanol–water partition coefficient (Wildman–Crippen LogP) is 1.16. The van der Waals surface area contributed by atoms with Crippen molar-refractivity contribution < 1.29 is 4.74 Å². The zero-order chi connectivity index (χ0) is 12.3. The summed E-state index contributed by atoms with van der Waals surface area (Å²) in [6.07, 6.45) is 1.51. The summed E-state index contributed by atoms with van der Waals surface area (Å²) in [7, 11) is 1.84. The largest absolute Gasteiger partial charge is 0.485 e. The zero-order valence-electron chi connectivity index (χ0n) is 10.1. The van der Waals surface area contributed by atoms with Gasteiger partial charge < -0.3 is 10.5 Å². The van der Waals surface area contributed by atoms with Crippen molar-refractivity contribution in [3.63, 3.8) is 0 Å². The molecule has 0 aliphatic heterocycles. The van der Waals surface area contributed by atoms with Gasteiger partial charge in [0.1, 0.15) is 18.7 Å². The molecule has 2 rings (SSSR count). The van der Waals surface area contributed by atoms with Crippen LogP contribution in [-0.2, 0) is 20.2 Å². The zero-order valence-corrected chi connectivity index (χ0v) is 10.1. The standard InChI is InChI=1S/C12H16N4O/c1-9-3-4-11(10(5-9)6-13)17-7-12-14-8-15-16(12)2/h3-5,8H,6-7,13H2,1-2H3. The minimum Gasteiger partial charge on any atom is -0.485 e. The molecule has 0 aliphatic rings. The average Bonchev–Trinajstić information content (AvgIpc) is 2.73. The molecule has 0 saturated carbocycles. The van der Waals surface area contributed by atoms with E-state index >= 15 is 0 Å². The molecule has 5 heteroatoms. The molecule has 0 amide bonds. The van der Waals surface area contributed by atoms with Crippen LogP contribution < -0.4 is 10.5 Å². The minimum atomic E-state index is 0.395. The van der Waals surface area contributed by atoms with Crippen LogP contribution in [0.1, 0.15) is 17.0 Å². The van der Waals surface area contributed by atoms with Gasteiger partial charge in [0.05, 0.1) is 0 Å². The molecule has 0 spiro atoms. The number of aromatic nitrogens is 3. The predicted molar refractivity (Wildman–Crippen MR) is 64.4 cm³/mol. The Morgan fingerprint density at radius 2 is 2.24 bits per heavy atom. The van der Waals surface area contributed by atoms with Crippen LogP contribution in [-0.4, -0.2) is 14.8 Å². The number of aryl methyl sites for hydroxylation is 2. The van der Waals surface area contributed by atoms with Crippen LogP contribution in [0.15, 0.2) is 24.5 Å². The van der Waals surface area contributed by atoms with Crippen LogP contribution in [0.25, 0.3) is 0 Å². The topological polar surface area (TPSA) is 66.0 Å². The Bertz CT molecular complexity index is 507. The van der Waals surface area contributed by atoms with Crippen LogP contribution in [0.4, 0.5) is 0 Å². The van der Waals surface area contributed by atoms with Crippen LogP contribution >= 0.6 is 0 Å². The number of benzene rings is 1. The normalized spacial score (nSPS) is 10.5. The molecule has 0 fully saturated rings. The van der Waals surface area contributed by atoms with Gasteiger partial charge in [0.2, 0.25) is 0 Å². The molecule has 5 nitrogen and oxygen atoms in total. The van der Waals surface area contributed by atoms with Gasteiger partial charge in [-0.2, -0.15) is 5.10 Å². The second kappa shape index (κ2) is 4.97. The van der Waals surface area contributed by atoms with Crippen molar-refractivity contribution >= 4 is 0 Å². The first-order chi connectivity index (χ1) is 8.20. The molecule has 1 aromatic heterocycles. The monoisotopic (exact) mass is 232 g/mol. The minimum absolute atomic E-state index is 0.395. The Kier molecular flexibility index (Phi) is 3.39. The Morgan fingerprint density at radius 1 is 1.41 bits per heavy atom. The first-order valence-electron chi connectivity index (χ1n) is 5.46. The molecule has 1 heterocycles. The Labute approximate surface area is 100 Å². The third-order valence-corrected chi connectivity index (χ3v) is 2.60. The van der Waals surface area contributed by atoms with Crippen molar-refractivity contribution in [3.8, 4) is 5.75 Å². The second-order valence-electron chi connectivity index (χ2n) is 3.90. The molecule has 0 atom stereocenters. The lowest BCUT2D eigenvalue weighted by atomic mass is 10.1. The van der Waals surface area contributed by atoms with E-state index in [1.165, 1.54) is 11.9 Å². The summed E-state index contributed by atoms with van der Waals surface area (Å²) in [5.41, 5.74) is 7.87. The molecule has 0 aliphatic carbocycles. The number of hydrogen-bond donors (Lipinski definition) is 1. The SMILES string of the molecule is Cc1ccc(OCc2ncnn2C)c(CN)c1. The Hall–Kier alpha value is -1.88. The molecule has 17 heavy (non-hydrogen) atoms. The molecule has 0 bridgehead atoms. The van der Waals surface area contributed by atoms with Gasteiger partial charge >= 0.3 is 0 Å². The highest BCUT2D eigenvalue weighted by molar-refractivity contribution is 5.36. The summed E-state index contributed by atoms with van der Waals surface area (Å²) in [4.78, 5) is 4.10. The fraction of sp³-hybridized carbons (Fsp3) is 0.333. The molecule has 90 valence electrons. The van der Waals surface area contributed by atoms with Gasteiger partial charge in [-0.1, -0.05) is 17.7 Å². The van der Waals surface area contributed by atoms with Crippen molar-refractivity contribution in [2.45, 2.75) is 20.1 Å². The van der Waals surface area contributed by atoms with Crippen molar-refractivity contribution in [1.82, 2.24) is 14.8 Å². The van der Waals surface area contributed by atoms with Gasteiger partial charge in [-0.05, 0) is 13.0 Å². The Balaban J connectivity index is 2.11. The number of ether oxygens (including phenoxy) is 1. The van der Waals surface area contributed by atoms with E-state index in [0.29, 0.717) is 13.2 Å².